The van der Waals surface area contributed by atoms with Crippen molar-refractivity contribution in [3.05, 3.63) is 35.4 Å². The molecule has 1 aromatic rings. The molecule has 0 saturated carbocycles. The number of piperidine rings is 1. The monoisotopic (exact) mass is 334 g/mol. The zero-order chi connectivity index (χ0) is 17.0. The molecule has 0 aliphatic carbocycles. The molecule has 1 fully saturated rings. The van der Waals surface area contributed by atoms with E-state index in [2.05, 4.69) is 0 Å². The van der Waals surface area contributed by atoms with E-state index in [1.807, 2.05) is 0 Å². The van der Waals surface area contributed by atoms with Gasteiger partial charge in [0.1, 0.15) is 6.04 Å². The number of hydroxylamine groups is 3. The van der Waals surface area contributed by atoms with Crippen molar-refractivity contribution >= 4 is 5.91 Å². The number of amides is 1. The second-order valence-corrected chi connectivity index (χ2v) is 5.25. The highest BCUT2D eigenvalue weighted by molar-refractivity contribution is 5.80. The fourth-order valence-electron chi connectivity index (χ4n) is 2.47. The van der Waals surface area contributed by atoms with Crippen molar-refractivity contribution in [1.82, 2.24) is 10.5 Å². The van der Waals surface area contributed by atoms with Crippen LogP contribution in [0.1, 0.15) is 24.0 Å². The quantitative estimate of drug-likeness (QED) is 0.574. The van der Waals surface area contributed by atoms with E-state index >= 15 is 0 Å². The number of carbonyl (C=O) groups excluding carboxylic acids is 1. The fraction of sp³-hybridized carbons (Fsp3) is 0.500. The summed E-state index contributed by atoms with van der Waals surface area (Å²) in [6.45, 7) is -0.441. The molecule has 2 rings (SSSR count). The predicted molar refractivity (Wildman–Crippen MR) is 71.9 cm³/mol. The highest BCUT2D eigenvalue weighted by atomic mass is 19.4. The van der Waals surface area contributed by atoms with Crippen LogP contribution >= 0.6 is 0 Å². The first kappa shape index (κ1) is 17.7. The Morgan fingerprint density at radius 3 is 2.70 bits per heavy atom. The van der Waals surface area contributed by atoms with E-state index in [1.54, 1.807) is 0 Å². The molecule has 0 unspecified atom stereocenters. The van der Waals surface area contributed by atoms with E-state index in [4.69, 9.17) is 10.0 Å². The van der Waals surface area contributed by atoms with Crippen molar-refractivity contribution in [2.24, 2.45) is 0 Å². The smallest absolute Gasteiger partial charge is 0.392 e. The van der Waals surface area contributed by atoms with E-state index < -0.39 is 36.4 Å². The number of nitrogens with zero attached hydrogens (tertiary/aromatic N) is 1. The van der Waals surface area contributed by atoms with Crippen LogP contribution in [0.4, 0.5) is 13.2 Å². The topological polar surface area (TPSA) is 82.0 Å². The van der Waals surface area contributed by atoms with Gasteiger partial charge >= 0.3 is 6.18 Å². The van der Waals surface area contributed by atoms with E-state index in [0.717, 1.165) is 11.1 Å². The van der Waals surface area contributed by atoms with Crippen molar-refractivity contribution in [3.63, 3.8) is 0 Å². The normalized spacial score (nSPS) is 22.8. The SMILES string of the molecule is O=C(NO)[C@H]1CC[C@@H](O)CN1OCc1ccccc1C(F)(F)F. The first-order valence-electron chi connectivity index (χ1n) is 6.99. The number of nitrogens with one attached hydrogen (secondary N) is 1. The summed E-state index contributed by atoms with van der Waals surface area (Å²) in [5.41, 5.74) is 0.592. The van der Waals surface area contributed by atoms with Gasteiger partial charge < -0.3 is 5.11 Å². The third kappa shape index (κ3) is 4.41. The molecule has 1 aliphatic rings. The zero-order valence-electron chi connectivity index (χ0n) is 12.1. The Hall–Kier alpha value is -1.68. The number of rotatable bonds is 4. The molecule has 0 radical (unpaired) electrons. The number of benzene rings is 1. The molecule has 6 nitrogen and oxygen atoms in total. The van der Waals surface area contributed by atoms with Gasteiger partial charge in [-0.3, -0.25) is 14.8 Å². The lowest BCUT2D eigenvalue weighted by Crippen LogP contribution is -2.52. The lowest BCUT2D eigenvalue weighted by molar-refractivity contribution is -0.225. The summed E-state index contributed by atoms with van der Waals surface area (Å²) in [7, 11) is 0. The first-order valence-corrected chi connectivity index (χ1v) is 6.99. The van der Waals surface area contributed by atoms with Crippen LogP contribution in [0.15, 0.2) is 24.3 Å². The third-order valence-electron chi connectivity index (χ3n) is 3.63. The number of aliphatic hydroxyl groups is 1. The van der Waals surface area contributed by atoms with Crippen molar-refractivity contribution < 1.29 is 33.1 Å². The Morgan fingerprint density at radius 1 is 1.35 bits per heavy atom. The molecule has 23 heavy (non-hydrogen) atoms. The first-order chi connectivity index (χ1) is 10.8. The van der Waals surface area contributed by atoms with Crippen molar-refractivity contribution in [1.29, 1.82) is 0 Å². The molecule has 1 saturated heterocycles. The molecule has 0 bridgehead atoms. The van der Waals surface area contributed by atoms with E-state index in [0.29, 0.717) is 6.42 Å². The van der Waals surface area contributed by atoms with Gasteiger partial charge in [-0.15, -0.1) is 0 Å². The van der Waals surface area contributed by atoms with Gasteiger partial charge in [-0.05, 0) is 24.5 Å². The summed E-state index contributed by atoms with van der Waals surface area (Å²) in [5, 5.41) is 19.5. The number of halogens is 3. The number of alkyl halides is 3. The predicted octanol–water partition coefficient (Wildman–Crippen LogP) is 1.47. The minimum Gasteiger partial charge on any atom is -0.392 e. The second-order valence-electron chi connectivity index (χ2n) is 5.25. The molecule has 0 spiro atoms. The van der Waals surface area contributed by atoms with Crippen molar-refractivity contribution in [2.45, 2.75) is 37.8 Å². The second kappa shape index (κ2) is 7.26. The lowest BCUT2D eigenvalue weighted by atomic mass is 10.0. The maximum Gasteiger partial charge on any atom is 0.416 e. The van der Waals surface area contributed by atoms with Crippen molar-refractivity contribution in [2.75, 3.05) is 6.54 Å². The molecule has 1 heterocycles. The van der Waals surface area contributed by atoms with Gasteiger partial charge in [0.25, 0.3) is 5.91 Å². The Labute approximate surface area is 130 Å². The summed E-state index contributed by atoms with van der Waals surface area (Å²) in [5.74, 6) is -0.735. The Balaban J connectivity index is 2.10. The van der Waals surface area contributed by atoms with Crippen LogP contribution in [0.25, 0.3) is 0 Å². The minimum atomic E-state index is -4.51. The number of hydrogen-bond acceptors (Lipinski definition) is 5. The summed E-state index contributed by atoms with van der Waals surface area (Å²) in [6.07, 6.45) is -4.72. The molecule has 0 aromatic heterocycles. The average molecular weight is 334 g/mol. The van der Waals surface area contributed by atoms with Gasteiger partial charge in [0.2, 0.25) is 0 Å². The largest absolute Gasteiger partial charge is 0.416 e. The van der Waals surface area contributed by atoms with Crippen LogP contribution in [0.3, 0.4) is 0 Å². The van der Waals surface area contributed by atoms with Crippen molar-refractivity contribution in [3.8, 4) is 0 Å². The number of hydrogen-bond donors (Lipinski definition) is 3. The van der Waals surface area contributed by atoms with Crippen LogP contribution in [-0.2, 0) is 22.4 Å². The van der Waals surface area contributed by atoms with E-state index in [9.17, 15) is 23.1 Å². The summed E-state index contributed by atoms with van der Waals surface area (Å²) in [6, 6.07) is 4.09. The molecule has 9 heteroatoms. The van der Waals surface area contributed by atoms with Crippen LogP contribution in [0, 0.1) is 0 Å². The van der Waals surface area contributed by atoms with Crippen LogP contribution in [-0.4, -0.2) is 40.0 Å². The molecular weight excluding hydrogens is 317 g/mol. The third-order valence-corrected chi connectivity index (χ3v) is 3.63. The molecular formula is C14H17F3N2O4. The van der Waals surface area contributed by atoms with Gasteiger partial charge in [-0.2, -0.15) is 18.2 Å². The standard InChI is InChI=1S/C14H17F3N2O4/c15-14(16,17)11-4-2-1-3-9(11)8-23-19-7-10(20)5-6-12(19)13(21)18-22/h1-4,10,12,20,22H,5-8H2,(H,18,21)/t10-,12-/m1/s1. The van der Waals surface area contributed by atoms with E-state index in [-0.39, 0.29) is 18.5 Å². The Bertz CT molecular complexity index is 553. The summed E-state index contributed by atoms with van der Waals surface area (Å²) in [4.78, 5) is 16.9. The lowest BCUT2D eigenvalue weighted by Gasteiger charge is -2.35. The van der Waals surface area contributed by atoms with Gasteiger partial charge in [-0.25, -0.2) is 5.48 Å². The van der Waals surface area contributed by atoms with Gasteiger partial charge in [0, 0.05) is 0 Å². The maximum atomic E-state index is 12.9. The Morgan fingerprint density at radius 2 is 2.04 bits per heavy atom. The molecule has 1 aliphatic heterocycles. The molecule has 128 valence electrons. The maximum absolute atomic E-state index is 12.9. The van der Waals surface area contributed by atoms with Crippen LogP contribution in [0.2, 0.25) is 0 Å². The highest BCUT2D eigenvalue weighted by Crippen LogP contribution is 2.32. The fourth-order valence-corrected chi connectivity index (χ4v) is 2.47. The van der Waals surface area contributed by atoms with Gasteiger partial charge in [0.15, 0.2) is 0 Å². The highest BCUT2D eigenvalue weighted by Gasteiger charge is 2.35. The molecule has 1 amide bonds. The Kier molecular flexibility index (Phi) is 5.58. The minimum absolute atomic E-state index is 0.0354. The van der Waals surface area contributed by atoms with Gasteiger partial charge in [0.05, 0.1) is 24.8 Å². The van der Waals surface area contributed by atoms with E-state index in [1.165, 1.54) is 23.7 Å². The zero-order valence-corrected chi connectivity index (χ0v) is 12.1. The summed E-state index contributed by atoms with van der Waals surface area (Å²) < 4.78 is 38.8. The number of β-amino-alcohol motifs (C(OH)–C–C–N with tert-alkyl or cyclic N) is 1. The molecule has 1 aromatic carbocycles. The average Bonchev–Trinajstić information content (AvgIpc) is 2.51. The van der Waals surface area contributed by atoms with Crippen LogP contribution < -0.4 is 5.48 Å². The van der Waals surface area contributed by atoms with Gasteiger partial charge in [-0.1, -0.05) is 18.2 Å². The number of aliphatic hydroxyl groups excluding tert-OH is 1. The van der Waals surface area contributed by atoms with Crippen LogP contribution in [0.5, 0.6) is 0 Å². The number of carbonyl (C=O) groups is 1. The molecule has 2 atom stereocenters. The summed E-state index contributed by atoms with van der Waals surface area (Å²) >= 11 is 0. The molecule has 3 N–H and O–H groups in total.